The van der Waals surface area contributed by atoms with Crippen LogP contribution in [0.1, 0.15) is 97.1 Å². The average molecular weight is 402 g/mol. The number of anilines is 1. The van der Waals surface area contributed by atoms with Gasteiger partial charge in [-0.05, 0) is 72.0 Å². The molecular formula is C24H39N3O2. The first-order valence-electron chi connectivity index (χ1n) is 11.6. The van der Waals surface area contributed by atoms with Crippen LogP contribution < -0.4 is 4.90 Å². The summed E-state index contributed by atoms with van der Waals surface area (Å²) in [5, 5.41) is 0. The third kappa shape index (κ3) is 5.71. The number of hydrogen-bond donors (Lipinski definition) is 0. The van der Waals surface area contributed by atoms with Gasteiger partial charge in [-0.25, -0.2) is 9.78 Å². The largest absolute Gasteiger partial charge is 0.443 e. The van der Waals surface area contributed by atoms with E-state index in [4.69, 9.17) is 9.72 Å². The third-order valence-electron chi connectivity index (χ3n) is 6.10. The Morgan fingerprint density at radius 2 is 1.93 bits per heavy atom. The second-order valence-electron chi connectivity index (χ2n) is 9.61. The summed E-state index contributed by atoms with van der Waals surface area (Å²) in [5.41, 5.74) is 0.682. The standard InChI is InChI=1S/C24H39N3O2/c1-5-6-17-26-18-10-9-15-21(26)20-14-11-16-25-22(20)27(19-12-7-8-13-19)23(28)29-24(2,3)4/h11,14,16,19,21H,5-10,12-13,15,17-18H2,1-4H3/t21-/m1/s1. The van der Waals surface area contributed by atoms with Gasteiger partial charge >= 0.3 is 6.09 Å². The Bertz CT molecular complexity index is 664. The van der Waals surface area contributed by atoms with E-state index >= 15 is 0 Å². The van der Waals surface area contributed by atoms with E-state index in [0.29, 0.717) is 6.04 Å². The van der Waals surface area contributed by atoms with Crippen molar-refractivity contribution in [3.8, 4) is 0 Å². The minimum absolute atomic E-state index is 0.186. The fourth-order valence-corrected chi connectivity index (χ4v) is 4.72. The lowest BCUT2D eigenvalue weighted by Crippen LogP contribution is -2.44. The van der Waals surface area contributed by atoms with Gasteiger partial charge < -0.3 is 4.74 Å². The van der Waals surface area contributed by atoms with Crippen LogP contribution in [0.5, 0.6) is 0 Å². The number of carbonyl (C=O) groups is 1. The number of likely N-dealkylation sites (tertiary alicyclic amines) is 1. The number of rotatable bonds is 6. The molecule has 2 fully saturated rings. The summed E-state index contributed by atoms with van der Waals surface area (Å²) in [4.78, 5) is 22.5. The van der Waals surface area contributed by atoms with E-state index in [2.05, 4.69) is 17.9 Å². The first kappa shape index (κ1) is 22.1. The molecule has 162 valence electrons. The number of aromatic nitrogens is 1. The van der Waals surface area contributed by atoms with Crippen LogP contribution in [0.2, 0.25) is 0 Å². The van der Waals surface area contributed by atoms with Crippen molar-refractivity contribution in [2.75, 3.05) is 18.0 Å². The zero-order valence-electron chi connectivity index (χ0n) is 18.8. The first-order chi connectivity index (χ1) is 13.9. The van der Waals surface area contributed by atoms with E-state index in [9.17, 15) is 4.79 Å². The van der Waals surface area contributed by atoms with Crippen molar-refractivity contribution in [3.05, 3.63) is 23.9 Å². The van der Waals surface area contributed by atoms with Gasteiger partial charge in [0.15, 0.2) is 0 Å². The number of pyridine rings is 1. The zero-order chi connectivity index (χ0) is 20.9. The molecule has 29 heavy (non-hydrogen) atoms. The summed E-state index contributed by atoms with van der Waals surface area (Å²) in [5.74, 6) is 0.821. The summed E-state index contributed by atoms with van der Waals surface area (Å²) < 4.78 is 5.83. The minimum atomic E-state index is -0.513. The maximum atomic E-state index is 13.3. The number of hydrogen-bond acceptors (Lipinski definition) is 4. The molecule has 2 aliphatic rings. The Labute approximate surface area is 176 Å². The molecule has 0 radical (unpaired) electrons. The second-order valence-corrected chi connectivity index (χ2v) is 9.61. The molecule has 1 amide bonds. The van der Waals surface area contributed by atoms with Crippen LogP contribution in [0.3, 0.4) is 0 Å². The van der Waals surface area contributed by atoms with Gasteiger partial charge in [0, 0.05) is 23.8 Å². The number of ether oxygens (including phenoxy) is 1. The van der Waals surface area contributed by atoms with Crippen LogP contribution in [0.15, 0.2) is 18.3 Å². The Hall–Kier alpha value is -1.62. The van der Waals surface area contributed by atoms with Gasteiger partial charge in [0.25, 0.3) is 0 Å². The van der Waals surface area contributed by atoms with Crippen LogP contribution in [0.25, 0.3) is 0 Å². The van der Waals surface area contributed by atoms with Crippen molar-refractivity contribution < 1.29 is 9.53 Å². The molecule has 1 saturated heterocycles. The van der Waals surface area contributed by atoms with Crippen LogP contribution in [0.4, 0.5) is 10.6 Å². The molecule has 2 heterocycles. The number of unbranched alkanes of at least 4 members (excludes halogenated alkanes) is 1. The lowest BCUT2D eigenvalue weighted by molar-refractivity contribution is 0.0563. The van der Waals surface area contributed by atoms with Crippen LogP contribution in [0, 0.1) is 0 Å². The van der Waals surface area contributed by atoms with Crippen LogP contribution in [-0.2, 0) is 4.74 Å². The van der Waals surface area contributed by atoms with Gasteiger partial charge in [0.1, 0.15) is 11.4 Å². The van der Waals surface area contributed by atoms with E-state index in [1.54, 1.807) is 0 Å². The molecule has 1 aromatic heterocycles. The highest BCUT2D eigenvalue weighted by atomic mass is 16.6. The summed E-state index contributed by atoms with van der Waals surface area (Å²) in [6.07, 6.45) is 12.0. The quantitative estimate of drug-likeness (QED) is 0.578. The molecule has 0 unspecified atom stereocenters. The first-order valence-corrected chi connectivity index (χ1v) is 11.6. The van der Waals surface area contributed by atoms with Crippen molar-refractivity contribution in [3.63, 3.8) is 0 Å². The molecule has 1 saturated carbocycles. The monoisotopic (exact) mass is 401 g/mol. The van der Waals surface area contributed by atoms with E-state index in [1.807, 2.05) is 37.9 Å². The van der Waals surface area contributed by atoms with Crippen molar-refractivity contribution >= 4 is 11.9 Å². The fourth-order valence-electron chi connectivity index (χ4n) is 4.72. The predicted octanol–water partition coefficient (Wildman–Crippen LogP) is 6.09. The Morgan fingerprint density at radius 1 is 1.21 bits per heavy atom. The number of piperidine rings is 1. The van der Waals surface area contributed by atoms with Crippen molar-refractivity contribution in [2.45, 2.75) is 103 Å². The molecule has 5 heteroatoms. The van der Waals surface area contributed by atoms with E-state index in [0.717, 1.165) is 51.0 Å². The molecule has 0 bridgehead atoms. The predicted molar refractivity (Wildman–Crippen MR) is 118 cm³/mol. The number of nitrogens with zero attached hydrogens (tertiary/aromatic N) is 3. The Morgan fingerprint density at radius 3 is 2.62 bits per heavy atom. The lowest BCUT2D eigenvalue weighted by Gasteiger charge is -2.39. The summed E-state index contributed by atoms with van der Waals surface area (Å²) in [7, 11) is 0. The maximum absolute atomic E-state index is 13.3. The maximum Gasteiger partial charge on any atom is 0.416 e. The van der Waals surface area contributed by atoms with Crippen LogP contribution in [-0.4, -0.2) is 40.7 Å². The molecule has 0 N–H and O–H groups in total. The van der Waals surface area contributed by atoms with Gasteiger partial charge in [-0.1, -0.05) is 38.7 Å². The van der Waals surface area contributed by atoms with Crippen molar-refractivity contribution in [1.82, 2.24) is 9.88 Å². The summed E-state index contributed by atoms with van der Waals surface area (Å²) in [6.45, 7) is 10.3. The van der Waals surface area contributed by atoms with E-state index in [-0.39, 0.29) is 12.1 Å². The second kappa shape index (κ2) is 9.92. The average Bonchev–Trinajstić information content (AvgIpc) is 3.20. The smallest absolute Gasteiger partial charge is 0.416 e. The molecular weight excluding hydrogens is 362 g/mol. The lowest BCUT2D eigenvalue weighted by atomic mass is 9.94. The van der Waals surface area contributed by atoms with Crippen LogP contribution >= 0.6 is 0 Å². The van der Waals surface area contributed by atoms with Crippen molar-refractivity contribution in [2.24, 2.45) is 0 Å². The highest BCUT2D eigenvalue weighted by Gasteiger charge is 2.36. The molecule has 0 aromatic carbocycles. The Kier molecular flexibility index (Phi) is 7.55. The van der Waals surface area contributed by atoms with E-state index in [1.165, 1.54) is 31.2 Å². The van der Waals surface area contributed by atoms with Gasteiger partial charge in [-0.15, -0.1) is 0 Å². The zero-order valence-corrected chi connectivity index (χ0v) is 18.8. The number of carbonyl (C=O) groups excluding carboxylic acids is 1. The molecule has 1 aromatic rings. The highest BCUT2D eigenvalue weighted by Crippen LogP contribution is 2.38. The molecule has 5 nitrogen and oxygen atoms in total. The third-order valence-corrected chi connectivity index (χ3v) is 6.10. The molecule has 1 aliphatic heterocycles. The van der Waals surface area contributed by atoms with Gasteiger partial charge in [0.05, 0.1) is 0 Å². The SMILES string of the molecule is CCCCN1CCCC[C@@H]1c1cccnc1N(C(=O)OC(C)(C)C)C1CCCC1. The minimum Gasteiger partial charge on any atom is -0.443 e. The van der Waals surface area contributed by atoms with Gasteiger partial charge in [0.2, 0.25) is 0 Å². The topological polar surface area (TPSA) is 45.7 Å². The summed E-state index contributed by atoms with van der Waals surface area (Å²) in [6, 6.07) is 4.73. The number of amides is 1. The van der Waals surface area contributed by atoms with Gasteiger partial charge in [-0.2, -0.15) is 0 Å². The fraction of sp³-hybridized carbons (Fsp3) is 0.750. The summed E-state index contributed by atoms with van der Waals surface area (Å²) >= 11 is 0. The molecule has 0 spiro atoms. The molecule has 1 atom stereocenters. The molecule has 1 aliphatic carbocycles. The highest BCUT2D eigenvalue weighted by molar-refractivity contribution is 5.88. The van der Waals surface area contributed by atoms with Crippen molar-refractivity contribution in [1.29, 1.82) is 0 Å². The van der Waals surface area contributed by atoms with E-state index < -0.39 is 5.60 Å². The molecule has 3 rings (SSSR count). The Balaban J connectivity index is 1.95. The normalized spacial score (nSPS) is 21.3. The van der Waals surface area contributed by atoms with Gasteiger partial charge in [-0.3, -0.25) is 9.80 Å².